The van der Waals surface area contributed by atoms with Gasteiger partial charge in [0.1, 0.15) is 0 Å². The summed E-state index contributed by atoms with van der Waals surface area (Å²) in [5.41, 5.74) is 8.70. The number of carbonyl (C=O) groups is 1. The maximum atomic E-state index is 10.8. The van der Waals surface area contributed by atoms with E-state index in [-0.39, 0.29) is 5.91 Å². The Kier molecular flexibility index (Phi) is 3.55. The molecule has 2 N–H and O–H groups in total. The Morgan fingerprint density at radius 3 is 2.29 bits per heavy atom. The minimum atomic E-state index is -0.257. The van der Waals surface area contributed by atoms with Gasteiger partial charge in [-0.2, -0.15) is 0 Å². The van der Waals surface area contributed by atoms with E-state index in [1.807, 2.05) is 36.4 Å². The molecule has 2 nitrogen and oxygen atoms in total. The molecule has 2 rings (SSSR count). The van der Waals surface area contributed by atoms with Gasteiger partial charge in [-0.05, 0) is 23.1 Å². The van der Waals surface area contributed by atoms with Crippen molar-refractivity contribution >= 4 is 5.91 Å². The Hall–Kier alpha value is -2.09. The number of nitrogens with two attached hydrogens (primary N) is 1. The summed E-state index contributed by atoms with van der Waals surface area (Å²) in [6.45, 7) is 0. The fourth-order valence-corrected chi connectivity index (χ4v) is 1.90. The zero-order chi connectivity index (χ0) is 12.1. The molecule has 86 valence electrons. The van der Waals surface area contributed by atoms with E-state index in [9.17, 15) is 4.79 Å². The third kappa shape index (κ3) is 2.94. The molecule has 0 aromatic heterocycles. The second kappa shape index (κ2) is 5.30. The van der Waals surface area contributed by atoms with E-state index < -0.39 is 0 Å². The fraction of sp³-hybridized carbons (Fsp3) is 0.133. The molecule has 0 saturated heterocycles. The molecule has 0 aliphatic carbocycles. The Morgan fingerprint density at radius 2 is 1.59 bits per heavy atom. The smallest absolute Gasteiger partial charge is 0.217 e. The van der Waals surface area contributed by atoms with Gasteiger partial charge < -0.3 is 5.73 Å². The van der Waals surface area contributed by atoms with E-state index in [1.54, 1.807) is 0 Å². The topological polar surface area (TPSA) is 43.1 Å². The number of benzene rings is 2. The quantitative estimate of drug-likeness (QED) is 0.854. The first-order valence-corrected chi connectivity index (χ1v) is 5.69. The van der Waals surface area contributed by atoms with Gasteiger partial charge in [0, 0.05) is 6.42 Å². The van der Waals surface area contributed by atoms with Crippen LogP contribution in [0.15, 0.2) is 54.6 Å². The Morgan fingerprint density at radius 1 is 0.941 bits per heavy atom. The van der Waals surface area contributed by atoms with Crippen molar-refractivity contribution in [2.75, 3.05) is 0 Å². The third-order valence-electron chi connectivity index (χ3n) is 2.74. The summed E-state index contributed by atoms with van der Waals surface area (Å²) in [5, 5.41) is 0. The Labute approximate surface area is 101 Å². The number of hydrogen-bond donors (Lipinski definition) is 1. The molecule has 0 saturated carbocycles. The summed E-state index contributed by atoms with van der Waals surface area (Å²) in [4.78, 5) is 10.8. The normalized spacial score (nSPS) is 10.1. The first-order valence-electron chi connectivity index (χ1n) is 5.69. The predicted molar refractivity (Wildman–Crippen MR) is 69.4 cm³/mol. The lowest BCUT2D eigenvalue weighted by Gasteiger charge is -2.08. The second-order valence-corrected chi connectivity index (χ2v) is 3.99. The number of amides is 1. The van der Waals surface area contributed by atoms with Crippen LogP contribution in [-0.4, -0.2) is 5.91 Å². The zero-order valence-electron chi connectivity index (χ0n) is 9.60. The lowest BCUT2D eigenvalue weighted by molar-refractivity contribution is -0.117. The van der Waals surface area contributed by atoms with Crippen LogP contribution in [-0.2, 0) is 11.2 Å². The molecular weight excluding hydrogens is 210 g/mol. The van der Waals surface area contributed by atoms with Crippen molar-refractivity contribution in [3.63, 3.8) is 0 Å². The second-order valence-electron chi connectivity index (χ2n) is 3.99. The summed E-state index contributed by atoms with van der Waals surface area (Å²) in [6.07, 6.45) is 1.09. The third-order valence-corrected chi connectivity index (χ3v) is 2.74. The van der Waals surface area contributed by atoms with Crippen LogP contribution in [0.4, 0.5) is 0 Å². The molecule has 0 spiro atoms. The molecule has 2 heteroatoms. The van der Waals surface area contributed by atoms with Crippen LogP contribution in [0, 0.1) is 0 Å². The van der Waals surface area contributed by atoms with Crippen LogP contribution in [0.1, 0.15) is 12.0 Å². The molecule has 0 radical (unpaired) electrons. The highest BCUT2D eigenvalue weighted by Gasteiger charge is 2.05. The van der Waals surface area contributed by atoms with Gasteiger partial charge in [0.25, 0.3) is 0 Å². The molecule has 2 aromatic rings. The number of carbonyl (C=O) groups excluding carboxylic acids is 1. The van der Waals surface area contributed by atoms with E-state index in [1.165, 1.54) is 11.1 Å². The van der Waals surface area contributed by atoms with Crippen LogP contribution in [0.2, 0.25) is 0 Å². The van der Waals surface area contributed by atoms with Gasteiger partial charge in [0.15, 0.2) is 0 Å². The van der Waals surface area contributed by atoms with Gasteiger partial charge >= 0.3 is 0 Å². The number of primary amides is 1. The van der Waals surface area contributed by atoms with Crippen LogP contribution < -0.4 is 5.73 Å². The standard InChI is InChI=1S/C15H15NO/c16-15(17)11-10-13-8-4-5-9-14(13)12-6-2-1-3-7-12/h1-9H,10-11H2,(H2,16,17). The first kappa shape index (κ1) is 11.4. The lowest BCUT2D eigenvalue weighted by atomic mass is 9.97. The molecule has 17 heavy (non-hydrogen) atoms. The van der Waals surface area contributed by atoms with Crippen molar-refractivity contribution < 1.29 is 4.79 Å². The molecule has 0 heterocycles. The summed E-state index contributed by atoms with van der Waals surface area (Å²) in [5.74, 6) is -0.257. The molecule has 0 atom stereocenters. The van der Waals surface area contributed by atoms with Gasteiger partial charge in [-0.1, -0.05) is 54.6 Å². The van der Waals surface area contributed by atoms with Gasteiger partial charge in [-0.15, -0.1) is 0 Å². The van der Waals surface area contributed by atoms with E-state index in [2.05, 4.69) is 18.2 Å². The maximum Gasteiger partial charge on any atom is 0.217 e. The van der Waals surface area contributed by atoms with E-state index >= 15 is 0 Å². The van der Waals surface area contributed by atoms with Crippen LogP contribution in [0.25, 0.3) is 11.1 Å². The molecular formula is C15H15NO. The molecule has 0 aliphatic heterocycles. The monoisotopic (exact) mass is 225 g/mol. The van der Waals surface area contributed by atoms with Gasteiger partial charge in [0.05, 0.1) is 0 Å². The average molecular weight is 225 g/mol. The van der Waals surface area contributed by atoms with Gasteiger partial charge in [-0.3, -0.25) is 4.79 Å². The SMILES string of the molecule is NC(=O)CCc1ccccc1-c1ccccc1. The molecule has 2 aromatic carbocycles. The van der Waals surface area contributed by atoms with Crippen LogP contribution in [0.5, 0.6) is 0 Å². The molecule has 0 bridgehead atoms. The summed E-state index contributed by atoms with van der Waals surface area (Å²) >= 11 is 0. The van der Waals surface area contributed by atoms with Crippen molar-refractivity contribution in [1.29, 1.82) is 0 Å². The minimum absolute atomic E-state index is 0.257. The fourth-order valence-electron chi connectivity index (χ4n) is 1.90. The highest BCUT2D eigenvalue weighted by atomic mass is 16.1. The molecule has 0 unspecified atom stereocenters. The van der Waals surface area contributed by atoms with Gasteiger partial charge in [0.2, 0.25) is 5.91 Å². The minimum Gasteiger partial charge on any atom is -0.370 e. The first-order chi connectivity index (χ1) is 8.27. The van der Waals surface area contributed by atoms with Crippen molar-refractivity contribution in [2.45, 2.75) is 12.8 Å². The molecule has 1 amide bonds. The largest absolute Gasteiger partial charge is 0.370 e. The van der Waals surface area contributed by atoms with E-state index in [4.69, 9.17) is 5.73 Å². The Bertz CT molecular complexity index is 505. The summed E-state index contributed by atoms with van der Waals surface area (Å²) in [6, 6.07) is 18.3. The van der Waals surface area contributed by atoms with Crippen molar-refractivity contribution in [3.8, 4) is 11.1 Å². The number of rotatable bonds is 4. The predicted octanol–water partition coefficient (Wildman–Crippen LogP) is 2.77. The van der Waals surface area contributed by atoms with Crippen LogP contribution >= 0.6 is 0 Å². The maximum absolute atomic E-state index is 10.8. The lowest BCUT2D eigenvalue weighted by Crippen LogP contribution is -2.11. The van der Waals surface area contributed by atoms with Crippen molar-refractivity contribution in [3.05, 3.63) is 60.2 Å². The van der Waals surface area contributed by atoms with Gasteiger partial charge in [-0.25, -0.2) is 0 Å². The molecule has 0 aliphatic rings. The number of hydrogen-bond acceptors (Lipinski definition) is 1. The van der Waals surface area contributed by atoms with E-state index in [0.717, 1.165) is 5.56 Å². The average Bonchev–Trinajstić information content (AvgIpc) is 2.38. The summed E-state index contributed by atoms with van der Waals surface area (Å²) < 4.78 is 0. The zero-order valence-corrected chi connectivity index (χ0v) is 9.60. The Balaban J connectivity index is 2.31. The highest BCUT2D eigenvalue weighted by molar-refractivity contribution is 5.75. The summed E-state index contributed by atoms with van der Waals surface area (Å²) in [7, 11) is 0. The number of aryl methyl sites for hydroxylation is 1. The highest BCUT2D eigenvalue weighted by Crippen LogP contribution is 2.24. The van der Waals surface area contributed by atoms with E-state index in [0.29, 0.717) is 12.8 Å². The van der Waals surface area contributed by atoms with Crippen molar-refractivity contribution in [2.24, 2.45) is 5.73 Å². The van der Waals surface area contributed by atoms with Crippen LogP contribution in [0.3, 0.4) is 0 Å². The molecule has 0 fully saturated rings. The van der Waals surface area contributed by atoms with Crippen molar-refractivity contribution in [1.82, 2.24) is 0 Å².